The van der Waals surface area contributed by atoms with Crippen LogP contribution in [0.25, 0.3) is 0 Å². The lowest BCUT2D eigenvalue weighted by atomic mass is 10.2. The largest absolute Gasteiger partial charge is 1.00 e. The minimum atomic E-state index is -1.01. The summed E-state index contributed by atoms with van der Waals surface area (Å²) in [7, 11) is 0. The van der Waals surface area contributed by atoms with Crippen molar-refractivity contribution >= 4 is 17.9 Å². The zero-order chi connectivity index (χ0) is 7.07. The number of allylic oxidation sites excluding steroid dienone is 2. The molecule has 10 heavy (non-hydrogen) atoms. The first-order valence-electron chi connectivity index (χ1n) is 3.21. The first-order chi connectivity index (χ1) is 4.01. The molecule has 0 spiro atoms. The molecule has 0 aliphatic carbocycles. The van der Waals surface area contributed by atoms with Crippen LogP contribution in [-0.2, 0) is 0 Å². The summed E-state index contributed by atoms with van der Waals surface area (Å²) in [5.74, 6) is 0. The molecule has 0 aromatic rings. The van der Waals surface area contributed by atoms with Gasteiger partial charge in [-0.05, 0) is 25.0 Å². The molecule has 1 aliphatic heterocycles. The van der Waals surface area contributed by atoms with Crippen LogP contribution >= 0.6 is 17.9 Å². The topological polar surface area (TPSA) is 0 Å². The summed E-state index contributed by atoms with van der Waals surface area (Å²) in [6.45, 7) is 5.60. The van der Waals surface area contributed by atoms with Gasteiger partial charge in [-0.2, -0.15) is 0 Å². The van der Waals surface area contributed by atoms with E-state index in [0.29, 0.717) is 0 Å². The summed E-state index contributed by atoms with van der Waals surface area (Å²) >= 11 is 6.23. The number of hydrogen-bond donors (Lipinski definition) is 0. The van der Waals surface area contributed by atoms with E-state index >= 15 is 0 Å². The molecule has 0 radical (unpaired) electrons. The van der Waals surface area contributed by atoms with Crippen molar-refractivity contribution in [2.45, 2.75) is 13.8 Å². The zero-order valence-electron chi connectivity index (χ0n) is 6.62. The van der Waals surface area contributed by atoms with Gasteiger partial charge in [0.25, 0.3) is 0 Å². The highest BCUT2D eigenvalue weighted by atomic mass is 35.7. The molecule has 0 N–H and O–H groups in total. The van der Waals surface area contributed by atoms with Gasteiger partial charge in [-0.3, -0.25) is 0 Å². The normalized spacial score (nSPS) is 22.8. The Kier molecular flexibility index (Phi) is 3.69. The molecule has 0 saturated carbocycles. The average Bonchev–Trinajstić information content (AvgIpc) is 1.79. The fourth-order valence-corrected chi connectivity index (χ4v) is 5.02. The SMILES string of the molecule is CC1=C(C)C[P+](C)(Cl)C1.[Cl-]. The second kappa shape index (κ2) is 3.43. The van der Waals surface area contributed by atoms with Crippen molar-refractivity contribution in [1.82, 2.24) is 0 Å². The molecule has 1 aliphatic rings. The van der Waals surface area contributed by atoms with Crippen LogP contribution < -0.4 is 12.4 Å². The number of rotatable bonds is 0. The molecule has 3 heteroatoms. The second-order valence-electron chi connectivity index (χ2n) is 3.14. The molecule has 0 amide bonds. The van der Waals surface area contributed by atoms with Gasteiger partial charge in [0.2, 0.25) is 0 Å². The van der Waals surface area contributed by atoms with Gasteiger partial charge in [-0.25, -0.2) is 0 Å². The van der Waals surface area contributed by atoms with Crippen molar-refractivity contribution in [3.8, 4) is 0 Å². The summed E-state index contributed by atoms with van der Waals surface area (Å²) in [4.78, 5) is 0. The minimum absolute atomic E-state index is 0. The van der Waals surface area contributed by atoms with Crippen LogP contribution in [-0.4, -0.2) is 19.0 Å². The van der Waals surface area contributed by atoms with Gasteiger partial charge >= 0.3 is 0 Å². The van der Waals surface area contributed by atoms with Gasteiger partial charge in [-0.1, -0.05) is 0 Å². The highest BCUT2D eigenvalue weighted by Gasteiger charge is 2.36. The Morgan fingerprint density at radius 1 is 1.20 bits per heavy atom. The van der Waals surface area contributed by atoms with Gasteiger partial charge in [0.05, 0.1) is 30.2 Å². The summed E-state index contributed by atoms with van der Waals surface area (Å²) in [6, 6.07) is 0. The van der Waals surface area contributed by atoms with E-state index in [0.717, 1.165) is 0 Å². The molecule has 0 unspecified atom stereocenters. The Balaban J connectivity index is 0.000000810. The lowest BCUT2D eigenvalue weighted by molar-refractivity contribution is -0.00000210. The van der Waals surface area contributed by atoms with Gasteiger partial charge < -0.3 is 12.4 Å². The van der Waals surface area contributed by atoms with E-state index in [1.54, 1.807) is 0 Å². The molecule has 0 aromatic carbocycles. The summed E-state index contributed by atoms with van der Waals surface area (Å²) in [5, 5.41) is 0. The summed E-state index contributed by atoms with van der Waals surface area (Å²) in [6.07, 6.45) is 2.36. The Labute approximate surface area is 74.6 Å². The Bertz CT molecular complexity index is 145. The van der Waals surface area contributed by atoms with Gasteiger partial charge in [-0.15, -0.1) is 0 Å². The molecular weight excluding hydrogens is 186 g/mol. The second-order valence-corrected chi connectivity index (χ2v) is 8.75. The zero-order valence-corrected chi connectivity index (χ0v) is 9.02. The number of hydrogen-bond acceptors (Lipinski definition) is 0. The smallest absolute Gasteiger partial charge is 0.119 e. The molecule has 0 atom stereocenters. The summed E-state index contributed by atoms with van der Waals surface area (Å²) < 4.78 is 0. The lowest BCUT2D eigenvalue weighted by Gasteiger charge is -2.03. The van der Waals surface area contributed by atoms with Crippen molar-refractivity contribution in [2.75, 3.05) is 19.0 Å². The van der Waals surface area contributed by atoms with E-state index in [2.05, 4.69) is 20.5 Å². The maximum atomic E-state index is 6.23. The van der Waals surface area contributed by atoms with Crippen molar-refractivity contribution in [3.63, 3.8) is 0 Å². The van der Waals surface area contributed by atoms with E-state index in [1.807, 2.05) is 0 Å². The van der Waals surface area contributed by atoms with Gasteiger partial charge in [0.1, 0.15) is 6.62 Å². The average molecular weight is 199 g/mol. The van der Waals surface area contributed by atoms with E-state index in [9.17, 15) is 0 Å². The van der Waals surface area contributed by atoms with Gasteiger partial charge in [0, 0.05) is 0 Å². The fraction of sp³-hybridized carbons (Fsp3) is 0.714. The van der Waals surface area contributed by atoms with Crippen LogP contribution in [0.4, 0.5) is 0 Å². The van der Waals surface area contributed by atoms with Crippen molar-refractivity contribution < 1.29 is 12.4 Å². The third kappa shape index (κ3) is 2.42. The lowest BCUT2D eigenvalue weighted by Crippen LogP contribution is -3.00. The van der Waals surface area contributed by atoms with Crippen LogP contribution in [0, 0.1) is 0 Å². The third-order valence-corrected chi connectivity index (χ3v) is 4.85. The predicted molar refractivity (Wildman–Crippen MR) is 46.8 cm³/mol. The highest BCUT2D eigenvalue weighted by Crippen LogP contribution is 2.66. The molecule has 0 aromatic heterocycles. The van der Waals surface area contributed by atoms with E-state index in [4.69, 9.17) is 11.2 Å². The van der Waals surface area contributed by atoms with Crippen LogP contribution in [0.2, 0.25) is 0 Å². The first-order valence-corrected chi connectivity index (χ1v) is 6.72. The molecule has 1 rings (SSSR count). The first kappa shape index (κ1) is 10.8. The van der Waals surface area contributed by atoms with Crippen LogP contribution in [0.3, 0.4) is 0 Å². The van der Waals surface area contributed by atoms with Gasteiger partial charge in [0.15, 0.2) is 0 Å². The minimum Gasteiger partial charge on any atom is -1.00 e. The monoisotopic (exact) mass is 198 g/mol. The maximum absolute atomic E-state index is 6.23. The predicted octanol–water partition coefficient (Wildman–Crippen LogP) is 0.142. The van der Waals surface area contributed by atoms with E-state index < -0.39 is 6.62 Å². The van der Waals surface area contributed by atoms with Crippen LogP contribution in [0.15, 0.2) is 11.1 Å². The molecule has 0 fully saturated rings. The van der Waals surface area contributed by atoms with Crippen LogP contribution in [0.1, 0.15) is 13.8 Å². The standard InChI is InChI=1S/C7H13ClP.ClH/c1-6-4-9(3,8)5-7(6)2;/h4-5H2,1-3H3;1H/q+1;/p-1. The Morgan fingerprint density at radius 3 is 1.60 bits per heavy atom. The highest BCUT2D eigenvalue weighted by molar-refractivity contribution is 7.99. The Hall–Kier alpha value is 0.750. The molecule has 1 heterocycles. The van der Waals surface area contributed by atoms with Crippen molar-refractivity contribution in [2.24, 2.45) is 0 Å². The van der Waals surface area contributed by atoms with Crippen LogP contribution in [0.5, 0.6) is 0 Å². The van der Waals surface area contributed by atoms with E-state index in [-0.39, 0.29) is 12.4 Å². The number of halogens is 2. The molecule has 0 nitrogen and oxygen atoms in total. The molecule has 60 valence electrons. The molecule has 0 saturated heterocycles. The fourth-order valence-electron chi connectivity index (χ4n) is 1.31. The maximum Gasteiger partial charge on any atom is 0.119 e. The summed E-state index contributed by atoms with van der Waals surface area (Å²) in [5.41, 5.74) is 3.06. The molecule has 0 bridgehead atoms. The van der Waals surface area contributed by atoms with Crippen molar-refractivity contribution in [3.05, 3.63) is 11.1 Å². The van der Waals surface area contributed by atoms with E-state index in [1.165, 1.54) is 23.5 Å². The third-order valence-electron chi connectivity index (χ3n) is 1.86. The molecular formula is C7H13Cl2P. The Morgan fingerprint density at radius 2 is 1.50 bits per heavy atom. The quantitative estimate of drug-likeness (QED) is 0.384. The van der Waals surface area contributed by atoms with Crippen molar-refractivity contribution in [1.29, 1.82) is 0 Å².